The lowest BCUT2D eigenvalue weighted by atomic mass is 10.3. The van der Waals surface area contributed by atoms with E-state index in [1.807, 2.05) is 18.2 Å². The van der Waals surface area contributed by atoms with Crippen LogP contribution in [0.5, 0.6) is 0 Å². The van der Waals surface area contributed by atoms with Gasteiger partial charge in [-0.3, -0.25) is 4.79 Å². The first kappa shape index (κ1) is 13.1. The van der Waals surface area contributed by atoms with Crippen molar-refractivity contribution in [2.24, 2.45) is 0 Å². The molecular weight excluding hydrogens is 298 g/mol. The van der Waals surface area contributed by atoms with Crippen LogP contribution >= 0.6 is 11.3 Å². The Morgan fingerprint density at radius 2 is 2.09 bits per heavy atom. The largest absolute Gasteiger partial charge is 0.382 e. The lowest BCUT2D eigenvalue weighted by Gasteiger charge is -2.05. The maximum atomic E-state index is 12.2. The molecule has 22 heavy (non-hydrogen) atoms. The number of thiazole rings is 1. The molecule has 0 spiro atoms. The number of nitrogens with two attached hydrogens (primary N) is 1. The van der Waals surface area contributed by atoms with Gasteiger partial charge in [0.05, 0.1) is 15.2 Å². The van der Waals surface area contributed by atoms with Crippen molar-refractivity contribution in [3.63, 3.8) is 0 Å². The Morgan fingerprint density at radius 1 is 1.27 bits per heavy atom. The third-order valence-electron chi connectivity index (χ3n) is 3.53. The highest BCUT2D eigenvalue weighted by molar-refractivity contribution is 7.18. The number of carbonyl (C=O) groups is 1. The van der Waals surface area contributed by atoms with Crippen molar-refractivity contribution in [2.75, 3.05) is 11.1 Å². The Labute approximate surface area is 130 Å². The maximum Gasteiger partial charge on any atom is 0.278 e. The SMILES string of the molecule is Nc1nccnc1C(=O)Nc1ccc2nc(C3CC3)sc2c1. The molecule has 3 N–H and O–H groups in total. The summed E-state index contributed by atoms with van der Waals surface area (Å²) in [4.78, 5) is 24.7. The number of nitrogen functional groups attached to an aromatic ring is 1. The number of benzene rings is 1. The molecule has 3 aromatic rings. The van der Waals surface area contributed by atoms with Gasteiger partial charge >= 0.3 is 0 Å². The topological polar surface area (TPSA) is 93.8 Å². The van der Waals surface area contributed by atoms with E-state index in [4.69, 9.17) is 5.73 Å². The van der Waals surface area contributed by atoms with E-state index in [1.165, 1.54) is 30.2 Å². The van der Waals surface area contributed by atoms with Gasteiger partial charge in [-0.2, -0.15) is 0 Å². The van der Waals surface area contributed by atoms with Gasteiger partial charge in [0.1, 0.15) is 0 Å². The van der Waals surface area contributed by atoms with Crippen LogP contribution in [0.2, 0.25) is 0 Å². The summed E-state index contributed by atoms with van der Waals surface area (Å²) in [7, 11) is 0. The van der Waals surface area contributed by atoms with Gasteiger partial charge in [0.15, 0.2) is 11.5 Å². The van der Waals surface area contributed by atoms with Crippen LogP contribution in [-0.2, 0) is 0 Å². The average molecular weight is 311 g/mol. The fraction of sp³-hybridized carbons (Fsp3) is 0.200. The molecule has 4 rings (SSSR count). The van der Waals surface area contributed by atoms with Crippen molar-refractivity contribution in [3.05, 3.63) is 41.3 Å². The minimum Gasteiger partial charge on any atom is -0.382 e. The first-order chi connectivity index (χ1) is 10.7. The second-order valence-corrected chi connectivity index (χ2v) is 6.32. The van der Waals surface area contributed by atoms with Crippen LogP contribution in [0, 0.1) is 0 Å². The summed E-state index contributed by atoms with van der Waals surface area (Å²) >= 11 is 1.69. The zero-order valence-corrected chi connectivity index (χ0v) is 12.4. The van der Waals surface area contributed by atoms with Crippen molar-refractivity contribution < 1.29 is 4.79 Å². The van der Waals surface area contributed by atoms with Crippen molar-refractivity contribution in [3.8, 4) is 0 Å². The van der Waals surface area contributed by atoms with Crippen molar-refractivity contribution in [1.29, 1.82) is 0 Å². The minimum absolute atomic E-state index is 0.120. The number of aromatic nitrogens is 3. The zero-order chi connectivity index (χ0) is 15.1. The molecule has 1 saturated carbocycles. The van der Waals surface area contributed by atoms with E-state index in [9.17, 15) is 4.79 Å². The highest BCUT2D eigenvalue weighted by atomic mass is 32.1. The first-order valence-electron chi connectivity index (χ1n) is 6.99. The quantitative estimate of drug-likeness (QED) is 0.775. The van der Waals surface area contributed by atoms with Crippen molar-refractivity contribution in [1.82, 2.24) is 15.0 Å². The van der Waals surface area contributed by atoms with Gasteiger partial charge in [-0.1, -0.05) is 0 Å². The number of amides is 1. The number of fused-ring (bicyclic) bond motifs is 1. The predicted molar refractivity (Wildman–Crippen MR) is 86.0 cm³/mol. The number of carbonyl (C=O) groups excluding carboxylic acids is 1. The maximum absolute atomic E-state index is 12.2. The highest BCUT2D eigenvalue weighted by Gasteiger charge is 2.27. The molecule has 0 bridgehead atoms. The molecule has 7 heteroatoms. The Balaban J connectivity index is 1.61. The molecule has 0 aliphatic heterocycles. The van der Waals surface area contributed by atoms with Crippen molar-refractivity contribution >= 4 is 39.0 Å². The third-order valence-corrected chi connectivity index (χ3v) is 4.71. The van der Waals surface area contributed by atoms with E-state index in [1.54, 1.807) is 11.3 Å². The van der Waals surface area contributed by atoms with Crippen molar-refractivity contribution in [2.45, 2.75) is 18.8 Å². The fourth-order valence-electron chi connectivity index (χ4n) is 2.24. The summed E-state index contributed by atoms with van der Waals surface area (Å²) < 4.78 is 1.08. The van der Waals surface area contributed by atoms with E-state index < -0.39 is 0 Å². The zero-order valence-electron chi connectivity index (χ0n) is 11.6. The molecule has 1 fully saturated rings. The van der Waals surface area contributed by atoms with Crippen LogP contribution in [0.25, 0.3) is 10.2 Å². The van der Waals surface area contributed by atoms with Gasteiger partial charge in [-0.25, -0.2) is 15.0 Å². The van der Waals surface area contributed by atoms with E-state index in [-0.39, 0.29) is 17.4 Å². The number of hydrogen-bond donors (Lipinski definition) is 2. The second-order valence-electron chi connectivity index (χ2n) is 5.25. The predicted octanol–water partition coefficient (Wildman–Crippen LogP) is 2.80. The number of hydrogen-bond acceptors (Lipinski definition) is 6. The van der Waals surface area contributed by atoms with Crippen LogP contribution in [0.4, 0.5) is 11.5 Å². The first-order valence-corrected chi connectivity index (χ1v) is 7.80. The second kappa shape index (κ2) is 5.03. The molecule has 1 aliphatic rings. The molecule has 0 unspecified atom stereocenters. The minimum atomic E-state index is -0.364. The fourth-order valence-corrected chi connectivity index (χ4v) is 3.41. The number of rotatable bonds is 3. The van der Waals surface area contributed by atoms with Gasteiger partial charge in [-0.15, -0.1) is 11.3 Å². The van der Waals surface area contributed by atoms with E-state index in [0.717, 1.165) is 10.2 Å². The summed E-state index contributed by atoms with van der Waals surface area (Å²) in [6.07, 6.45) is 5.36. The molecule has 1 aliphatic carbocycles. The Hall–Kier alpha value is -2.54. The van der Waals surface area contributed by atoms with Gasteiger partial charge in [-0.05, 0) is 31.0 Å². The van der Waals surface area contributed by atoms with E-state index >= 15 is 0 Å². The molecule has 6 nitrogen and oxygen atoms in total. The summed E-state index contributed by atoms with van der Waals surface area (Å²) in [5.74, 6) is 0.390. The summed E-state index contributed by atoms with van der Waals surface area (Å²) in [6.45, 7) is 0. The number of nitrogens with one attached hydrogen (secondary N) is 1. The summed E-state index contributed by atoms with van der Waals surface area (Å²) in [5.41, 5.74) is 7.48. The molecule has 2 heterocycles. The number of nitrogens with zero attached hydrogens (tertiary/aromatic N) is 3. The molecule has 0 atom stereocenters. The summed E-state index contributed by atoms with van der Waals surface area (Å²) in [5, 5.41) is 3.99. The molecule has 0 saturated heterocycles. The highest BCUT2D eigenvalue weighted by Crippen LogP contribution is 2.43. The van der Waals surface area contributed by atoms with Crippen LogP contribution in [0.15, 0.2) is 30.6 Å². The standard InChI is InChI=1S/C15H13N5OS/c16-13-12(17-5-6-18-13)14(21)19-9-3-4-10-11(7-9)22-15(20-10)8-1-2-8/h3-8H,1-2H2,(H2,16,18)(H,19,21). The lowest BCUT2D eigenvalue weighted by Crippen LogP contribution is -2.16. The van der Waals surface area contributed by atoms with Crippen LogP contribution in [0.1, 0.15) is 34.3 Å². The monoisotopic (exact) mass is 311 g/mol. The molecule has 1 amide bonds. The van der Waals surface area contributed by atoms with Gasteiger partial charge in [0, 0.05) is 24.0 Å². The average Bonchev–Trinajstić information content (AvgIpc) is 3.27. The molecule has 110 valence electrons. The normalized spacial score (nSPS) is 14.2. The Kier molecular flexibility index (Phi) is 3.00. The molecule has 1 aromatic carbocycles. The Bertz CT molecular complexity index is 871. The lowest BCUT2D eigenvalue weighted by molar-refractivity contribution is 0.102. The van der Waals surface area contributed by atoms with E-state index in [0.29, 0.717) is 11.6 Å². The molecule has 0 radical (unpaired) electrons. The van der Waals surface area contributed by atoms with Gasteiger partial charge in [0.2, 0.25) is 0 Å². The van der Waals surface area contributed by atoms with Gasteiger partial charge < -0.3 is 11.1 Å². The third kappa shape index (κ3) is 2.39. The summed E-state index contributed by atoms with van der Waals surface area (Å²) in [6, 6.07) is 5.69. The van der Waals surface area contributed by atoms with E-state index in [2.05, 4.69) is 20.3 Å². The smallest absolute Gasteiger partial charge is 0.278 e. The molecular formula is C15H13N5OS. The van der Waals surface area contributed by atoms with Crippen LogP contribution < -0.4 is 11.1 Å². The van der Waals surface area contributed by atoms with Crippen LogP contribution in [0.3, 0.4) is 0 Å². The Morgan fingerprint density at radius 3 is 2.86 bits per heavy atom. The van der Waals surface area contributed by atoms with Crippen LogP contribution in [-0.4, -0.2) is 20.9 Å². The van der Waals surface area contributed by atoms with Gasteiger partial charge in [0.25, 0.3) is 5.91 Å². The number of anilines is 2. The molecule has 2 aromatic heterocycles.